The molecule has 1 saturated heterocycles. The molecule has 0 saturated carbocycles. The van der Waals surface area contributed by atoms with Gasteiger partial charge < -0.3 is 62.6 Å². The second kappa shape index (κ2) is 24.3. The molecule has 1 aliphatic heterocycles. The summed E-state index contributed by atoms with van der Waals surface area (Å²) in [7, 11) is 0. The van der Waals surface area contributed by atoms with E-state index in [-0.39, 0.29) is 12.6 Å². The molecular formula is C47H82N10O13. The number of aliphatic hydroxyl groups is 1. The Hall–Kier alpha value is -5.87. The van der Waals surface area contributed by atoms with Crippen molar-refractivity contribution < 1.29 is 62.6 Å². The van der Waals surface area contributed by atoms with Gasteiger partial charge in [-0.3, -0.25) is 52.7 Å². The summed E-state index contributed by atoms with van der Waals surface area (Å²) in [5.41, 5.74) is -9.53. The monoisotopic (exact) mass is 995 g/mol. The fraction of sp³-hybridized carbons (Fsp3) is 0.766. The minimum absolute atomic E-state index is 0.00446. The van der Waals surface area contributed by atoms with Crippen molar-refractivity contribution >= 4 is 65.0 Å². The number of hydrogen-bond acceptors (Lipinski definition) is 13. The maximum atomic E-state index is 13.9. The SMILES string of the molecule is CCC(C)C(NC(=O)C(C)(C)NC(=O)C(NC(=O)C(C)(C)NC(=O)C(C)(C)NC(C)=O)C(C)C)C(=O)NC(C)(C)C(=O)NC(C)(C)C(=O)NC(CO)C(=O)NC(C)(C)C(=O)N1CCCC1COC(C)=O. The van der Waals surface area contributed by atoms with Crippen LogP contribution in [-0.2, 0) is 57.5 Å². The standard InChI is InChI=1S/C47H82N10O13/c1-19-26(4)32(50-37(65)42(7,8)53-34(62)31(25(2)3)49-38(66)44(11,12)55-39(67)45(13,14)51-27(5)59)35(63)54-46(15,16)40(68)56-43(9,10)36(64)48-30(23-58)33(61)52-47(17,18)41(69)57-22-20-21-29(57)24-70-28(6)60/h25-26,29-32,58H,19-24H2,1-18H3,(H,48,64)(H,49,66)(H,50,65)(H,51,59)(H,52,61)(H,53,62)(H,54,63)(H,55,67)(H,56,68). The smallest absolute Gasteiger partial charge is 0.302 e. The third kappa shape index (κ3) is 17.5. The van der Waals surface area contributed by atoms with Gasteiger partial charge in [-0.25, -0.2) is 0 Å². The number of hydrogen-bond donors (Lipinski definition) is 10. The zero-order valence-corrected chi connectivity index (χ0v) is 44.5. The van der Waals surface area contributed by atoms with Crippen LogP contribution in [0.15, 0.2) is 0 Å². The van der Waals surface area contributed by atoms with Gasteiger partial charge >= 0.3 is 5.97 Å². The summed E-state index contributed by atoms with van der Waals surface area (Å²) in [6.07, 6.45) is 1.64. The number of likely N-dealkylation sites (tertiary alicyclic amines) is 1. The Bertz CT molecular complexity index is 2000. The maximum absolute atomic E-state index is 13.9. The van der Waals surface area contributed by atoms with Gasteiger partial charge in [0.1, 0.15) is 58.0 Å². The first-order valence-electron chi connectivity index (χ1n) is 23.6. The molecule has 0 radical (unpaired) electrons. The van der Waals surface area contributed by atoms with E-state index in [1.54, 1.807) is 27.7 Å². The molecule has 23 heteroatoms. The number of nitrogens with zero attached hydrogens (tertiary/aromatic N) is 1. The van der Waals surface area contributed by atoms with Crippen LogP contribution in [0.2, 0.25) is 0 Å². The van der Waals surface area contributed by atoms with Crippen LogP contribution in [0.1, 0.15) is 144 Å². The van der Waals surface area contributed by atoms with E-state index in [1.807, 2.05) is 0 Å². The molecule has 0 aromatic carbocycles. The lowest BCUT2D eigenvalue weighted by Crippen LogP contribution is -2.67. The van der Waals surface area contributed by atoms with Crippen molar-refractivity contribution in [2.24, 2.45) is 11.8 Å². The predicted molar refractivity (Wildman–Crippen MR) is 258 cm³/mol. The van der Waals surface area contributed by atoms with E-state index in [9.17, 15) is 57.8 Å². The van der Waals surface area contributed by atoms with Crippen molar-refractivity contribution in [2.75, 3.05) is 19.8 Å². The number of esters is 1. The quantitative estimate of drug-likeness (QED) is 0.0524. The fourth-order valence-corrected chi connectivity index (χ4v) is 7.09. The van der Waals surface area contributed by atoms with Gasteiger partial charge in [0.2, 0.25) is 59.1 Å². The molecule has 398 valence electrons. The number of nitrogens with one attached hydrogen (secondary N) is 9. The second-order valence-electron chi connectivity index (χ2n) is 21.6. The van der Waals surface area contributed by atoms with E-state index in [2.05, 4.69) is 47.9 Å². The topological polar surface area (TPSA) is 329 Å². The molecule has 10 amide bonds. The first-order chi connectivity index (χ1) is 31.7. The Kier molecular flexibility index (Phi) is 21.6. The summed E-state index contributed by atoms with van der Waals surface area (Å²) in [6, 6.07) is -4.37. The molecule has 0 bridgehead atoms. The van der Waals surface area contributed by atoms with Crippen molar-refractivity contribution in [2.45, 2.75) is 201 Å². The molecule has 0 aromatic rings. The normalized spacial score (nSPS) is 16.3. The van der Waals surface area contributed by atoms with Crippen LogP contribution in [0.25, 0.3) is 0 Å². The number of carbonyl (C=O) groups excluding carboxylic acids is 11. The molecule has 0 aromatic heterocycles. The Morgan fingerprint density at radius 2 is 0.957 bits per heavy atom. The van der Waals surface area contributed by atoms with E-state index in [4.69, 9.17) is 4.74 Å². The van der Waals surface area contributed by atoms with E-state index in [0.29, 0.717) is 25.8 Å². The molecular weight excluding hydrogens is 913 g/mol. The Morgan fingerprint density at radius 3 is 1.39 bits per heavy atom. The zero-order chi connectivity index (χ0) is 54.7. The molecule has 1 fully saturated rings. The van der Waals surface area contributed by atoms with E-state index in [1.165, 1.54) is 102 Å². The largest absolute Gasteiger partial charge is 0.464 e. The first kappa shape index (κ1) is 62.1. The van der Waals surface area contributed by atoms with Crippen molar-refractivity contribution in [3.63, 3.8) is 0 Å². The summed E-state index contributed by atoms with van der Waals surface area (Å²) in [4.78, 5) is 147. The lowest BCUT2D eigenvalue weighted by Gasteiger charge is -2.36. The van der Waals surface area contributed by atoms with Crippen molar-refractivity contribution in [1.29, 1.82) is 0 Å². The molecule has 1 rings (SSSR count). The zero-order valence-electron chi connectivity index (χ0n) is 44.5. The third-order valence-electron chi connectivity index (χ3n) is 12.0. The van der Waals surface area contributed by atoms with Crippen LogP contribution < -0.4 is 47.9 Å². The van der Waals surface area contributed by atoms with Gasteiger partial charge in [-0.05, 0) is 108 Å². The van der Waals surface area contributed by atoms with E-state index >= 15 is 0 Å². The second-order valence-corrected chi connectivity index (χ2v) is 21.6. The average molecular weight is 995 g/mol. The molecule has 1 aliphatic rings. The average Bonchev–Trinajstić information content (AvgIpc) is 3.68. The van der Waals surface area contributed by atoms with E-state index < -0.39 is 135 Å². The summed E-state index contributed by atoms with van der Waals surface area (Å²) < 4.78 is 5.10. The molecule has 5 atom stereocenters. The van der Waals surface area contributed by atoms with Crippen molar-refractivity contribution in [1.82, 2.24) is 52.8 Å². The van der Waals surface area contributed by atoms with E-state index in [0.717, 1.165) is 0 Å². The molecule has 0 spiro atoms. The number of rotatable bonds is 24. The highest BCUT2D eigenvalue weighted by Crippen LogP contribution is 2.23. The van der Waals surface area contributed by atoms with Gasteiger partial charge in [0.05, 0.1) is 12.6 Å². The van der Waals surface area contributed by atoms with Gasteiger partial charge in [0.15, 0.2) is 0 Å². The van der Waals surface area contributed by atoms with Gasteiger partial charge in [-0.15, -0.1) is 0 Å². The van der Waals surface area contributed by atoms with Crippen LogP contribution in [0.4, 0.5) is 0 Å². The van der Waals surface area contributed by atoms with Crippen LogP contribution in [0.3, 0.4) is 0 Å². The molecule has 70 heavy (non-hydrogen) atoms. The van der Waals surface area contributed by atoms with Gasteiger partial charge in [-0.1, -0.05) is 34.1 Å². The summed E-state index contributed by atoms with van der Waals surface area (Å²) >= 11 is 0. The van der Waals surface area contributed by atoms with Crippen LogP contribution >= 0.6 is 0 Å². The number of amides is 10. The molecule has 5 unspecified atom stereocenters. The number of carbonyl (C=O) groups is 11. The highest BCUT2D eigenvalue weighted by atomic mass is 16.5. The summed E-state index contributed by atoms with van der Waals surface area (Å²) in [5.74, 6) is -8.72. The summed E-state index contributed by atoms with van der Waals surface area (Å²) in [6.45, 7) is 25.7. The Labute approximate surface area is 412 Å². The van der Waals surface area contributed by atoms with Crippen LogP contribution in [-0.4, -0.2) is 152 Å². The van der Waals surface area contributed by atoms with Crippen LogP contribution in [0, 0.1) is 11.8 Å². The minimum Gasteiger partial charge on any atom is -0.464 e. The highest BCUT2D eigenvalue weighted by molar-refractivity contribution is 6.01. The number of ether oxygens (including phenoxy) is 1. The van der Waals surface area contributed by atoms with Gasteiger partial charge in [0, 0.05) is 20.4 Å². The van der Waals surface area contributed by atoms with Crippen LogP contribution in [0.5, 0.6) is 0 Å². The van der Waals surface area contributed by atoms with Crippen molar-refractivity contribution in [3.8, 4) is 0 Å². The summed E-state index contributed by atoms with van der Waals surface area (Å²) in [5, 5.41) is 33.3. The predicted octanol–water partition coefficient (Wildman–Crippen LogP) is -0.922. The van der Waals surface area contributed by atoms with Gasteiger partial charge in [-0.2, -0.15) is 0 Å². The maximum Gasteiger partial charge on any atom is 0.302 e. The molecule has 0 aliphatic carbocycles. The third-order valence-corrected chi connectivity index (χ3v) is 12.0. The molecule has 10 N–H and O–H groups in total. The lowest BCUT2D eigenvalue weighted by atomic mass is 9.93. The highest BCUT2D eigenvalue weighted by Gasteiger charge is 2.44. The first-order valence-corrected chi connectivity index (χ1v) is 23.6. The Balaban J connectivity index is 3.10. The minimum atomic E-state index is -1.74. The molecule has 23 nitrogen and oxygen atoms in total. The Morgan fingerprint density at radius 1 is 0.557 bits per heavy atom. The molecule has 1 heterocycles. The fourth-order valence-electron chi connectivity index (χ4n) is 7.09. The van der Waals surface area contributed by atoms with Crippen molar-refractivity contribution in [3.05, 3.63) is 0 Å². The van der Waals surface area contributed by atoms with Gasteiger partial charge in [0.25, 0.3) is 0 Å². The lowest BCUT2D eigenvalue weighted by molar-refractivity contribution is -0.148. The number of aliphatic hydroxyl groups excluding tert-OH is 1.